The lowest BCUT2D eigenvalue weighted by Gasteiger charge is -2.30. The molecular weight excluding hydrogens is 218 g/mol. The fourth-order valence-corrected chi connectivity index (χ4v) is 2.09. The van der Waals surface area contributed by atoms with Gasteiger partial charge in [0.1, 0.15) is 12.1 Å². The SMILES string of the molecule is CN(C(=O)c1cncnc1)C1CCC(=O)CC1. The first-order chi connectivity index (χ1) is 8.18. The summed E-state index contributed by atoms with van der Waals surface area (Å²) in [6.45, 7) is 0. The lowest BCUT2D eigenvalue weighted by atomic mass is 9.93. The average molecular weight is 233 g/mol. The third-order valence-corrected chi connectivity index (χ3v) is 3.19. The Morgan fingerprint density at radius 1 is 1.29 bits per heavy atom. The van der Waals surface area contributed by atoms with Crippen LogP contribution in [0.2, 0.25) is 0 Å². The standard InChI is InChI=1S/C12H15N3O2/c1-15(10-2-4-11(16)5-3-10)12(17)9-6-13-8-14-7-9/h6-8,10H,2-5H2,1H3. The van der Waals surface area contributed by atoms with Crippen LogP contribution in [0.4, 0.5) is 0 Å². The van der Waals surface area contributed by atoms with Crippen molar-refractivity contribution < 1.29 is 9.59 Å². The molecule has 1 aliphatic rings. The largest absolute Gasteiger partial charge is 0.339 e. The number of ketones is 1. The monoisotopic (exact) mass is 233 g/mol. The summed E-state index contributed by atoms with van der Waals surface area (Å²) in [6, 6.07) is 0.153. The van der Waals surface area contributed by atoms with Crippen molar-refractivity contribution in [2.45, 2.75) is 31.7 Å². The molecule has 1 aliphatic carbocycles. The van der Waals surface area contributed by atoms with Crippen LogP contribution in [0.15, 0.2) is 18.7 Å². The van der Waals surface area contributed by atoms with Crippen molar-refractivity contribution >= 4 is 11.7 Å². The number of carbonyl (C=O) groups is 2. The van der Waals surface area contributed by atoms with Crippen LogP contribution in [0.5, 0.6) is 0 Å². The van der Waals surface area contributed by atoms with Crippen molar-refractivity contribution in [2.75, 3.05) is 7.05 Å². The molecule has 0 spiro atoms. The van der Waals surface area contributed by atoms with E-state index in [2.05, 4.69) is 9.97 Å². The van der Waals surface area contributed by atoms with Crippen LogP contribution in [0.25, 0.3) is 0 Å². The molecule has 90 valence electrons. The molecule has 1 amide bonds. The molecule has 0 saturated heterocycles. The van der Waals surface area contributed by atoms with E-state index >= 15 is 0 Å². The molecule has 0 atom stereocenters. The fourth-order valence-electron chi connectivity index (χ4n) is 2.09. The zero-order valence-corrected chi connectivity index (χ0v) is 9.80. The number of carbonyl (C=O) groups excluding carboxylic acids is 2. The Labute approximate surface area is 99.9 Å². The Morgan fingerprint density at radius 2 is 1.88 bits per heavy atom. The van der Waals surface area contributed by atoms with E-state index in [1.54, 1.807) is 11.9 Å². The van der Waals surface area contributed by atoms with E-state index < -0.39 is 0 Å². The molecule has 0 bridgehead atoms. The summed E-state index contributed by atoms with van der Waals surface area (Å²) in [7, 11) is 1.77. The second kappa shape index (κ2) is 5.03. The molecule has 1 fully saturated rings. The predicted molar refractivity (Wildman–Crippen MR) is 61.4 cm³/mol. The van der Waals surface area contributed by atoms with E-state index in [9.17, 15) is 9.59 Å². The molecule has 5 heteroatoms. The fraction of sp³-hybridized carbons (Fsp3) is 0.500. The zero-order chi connectivity index (χ0) is 12.3. The smallest absolute Gasteiger partial charge is 0.256 e. The van der Waals surface area contributed by atoms with Crippen LogP contribution in [-0.2, 0) is 4.79 Å². The molecule has 1 saturated carbocycles. The molecule has 1 aromatic rings. The Kier molecular flexibility index (Phi) is 3.46. The summed E-state index contributed by atoms with van der Waals surface area (Å²) in [6.07, 6.45) is 7.10. The first kappa shape index (κ1) is 11.7. The van der Waals surface area contributed by atoms with Gasteiger partial charge in [0.2, 0.25) is 0 Å². The number of hydrogen-bond donors (Lipinski definition) is 0. The quantitative estimate of drug-likeness (QED) is 0.766. The van der Waals surface area contributed by atoms with Crippen LogP contribution < -0.4 is 0 Å². The summed E-state index contributed by atoms with van der Waals surface area (Å²) in [5.41, 5.74) is 0.492. The molecule has 0 N–H and O–H groups in total. The maximum atomic E-state index is 12.1. The highest BCUT2D eigenvalue weighted by Gasteiger charge is 2.25. The van der Waals surface area contributed by atoms with Gasteiger partial charge in [0.05, 0.1) is 5.56 Å². The Morgan fingerprint density at radius 3 is 2.47 bits per heavy atom. The predicted octanol–water partition coefficient (Wildman–Crippen LogP) is 1.06. The van der Waals surface area contributed by atoms with Gasteiger partial charge in [0.25, 0.3) is 5.91 Å². The van der Waals surface area contributed by atoms with E-state index in [1.807, 2.05) is 0 Å². The molecular formula is C12H15N3O2. The van der Waals surface area contributed by atoms with Gasteiger partial charge in [-0.15, -0.1) is 0 Å². The number of Topliss-reactive ketones (excluding diaryl/α,β-unsaturated/α-hetero) is 1. The molecule has 1 heterocycles. The molecule has 2 rings (SSSR count). The van der Waals surface area contributed by atoms with Crippen LogP contribution in [0, 0.1) is 0 Å². The Hall–Kier alpha value is -1.78. The molecule has 5 nitrogen and oxygen atoms in total. The normalized spacial score (nSPS) is 16.9. The third kappa shape index (κ3) is 2.67. The van der Waals surface area contributed by atoms with Gasteiger partial charge in [0.15, 0.2) is 0 Å². The maximum Gasteiger partial charge on any atom is 0.256 e. The third-order valence-electron chi connectivity index (χ3n) is 3.19. The minimum atomic E-state index is -0.0788. The first-order valence-corrected chi connectivity index (χ1v) is 5.72. The highest BCUT2D eigenvalue weighted by Crippen LogP contribution is 2.20. The van der Waals surface area contributed by atoms with Crippen LogP contribution in [0.1, 0.15) is 36.0 Å². The van der Waals surface area contributed by atoms with Crippen molar-refractivity contribution in [3.05, 3.63) is 24.3 Å². The Balaban J connectivity index is 2.03. The van der Waals surface area contributed by atoms with Gasteiger partial charge in [-0.25, -0.2) is 9.97 Å². The zero-order valence-electron chi connectivity index (χ0n) is 9.80. The number of nitrogens with zero attached hydrogens (tertiary/aromatic N) is 3. The van der Waals surface area contributed by atoms with Gasteiger partial charge in [-0.2, -0.15) is 0 Å². The second-order valence-corrected chi connectivity index (χ2v) is 4.31. The van der Waals surface area contributed by atoms with E-state index in [-0.39, 0.29) is 11.9 Å². The van der Waals surface area contributed by atoms with Gasteiger partial charge >= 0.3 is 0 Å². The van der Waals surface area contributed by atoms with Crippen molar-refractivity contribution in [1.29, 1.82) is 0 Å². The molecule has 0 aromatic carbocycles. The van der Waals surface area contributed by atoms with Gasteiger partial charge in [-0.3, -0.25) is 9.59 Å². The molecule has 0 radical (unpaired) electrons. The number of aromatic nitrogens is 2. The summed E-state index contributed by atoms with van der Waals surface area (Å²) in [4.78, 5) is 32.6. The molecule has 0 unspecified atom stereocenters. The van der Waals surface area contributed by atoms with Crippen LogP contribution in [-0.4, -0.2) is 39.6 Å². The van der Waals surface area contributed by atoms with Crippen molar-refractivity contribution in [2.24, 2.45) is 0 Å². The second-order valence-electron chi connectivity index (χ2n) is 4.31. The summed E-state index contributed by atoms with van der Waals surface area (Å²) in [5.74, 6) is 0.218. The van der Waals surface area contributed by atoms with Crippen molar-refractivity contribution in [3.8, 4) is 0 Å². The van der Waals surface area contributed by atoms with Crippen LogP contribution in [0.3, 0.4) is 0 Å². The van der Waals surface area contributed by atoms with Gasteiger partial charge in [0, 0.05) is 38.3 Å². The lowest BCUT2D eigenvalue weighted by Crippen LogP contribution is -2.39. The summed E-state index contributed by atoms with van der Waals surface area (Å²) < 4.78 is 0. The lowest BCUT2D eigenvalue weighted by molar-refractivity contribution is -0.121. The van der Waals surface area contributed by atoms with Crippen LogP contribution >= 0.6 is 0 Å². The minimum Gasteiger partial charge on any atom is -0.339 e. The van der Waals surface area contributed by atoms with Gasteiger partial charge < -0.3 is 4.90 Å². The number of amides is 1. The minimum absolute atomic E-state index is 0.0788. The van der Waals surface area contributed by atoms with E-state index in [0.717, 1.165) is 12.8 Å². The maximum absolute atomic E-state index is 12.1. The van der Waals surface area contributed by atoms with Gasteiger partial charge in [-0.05, 0) is 12.8 Å². The van der Waals surface area contributed by atoms with E-state index in [1.165, 1.54) is 18.7 Å². The van der Waals surface area contributed by atoms with Crippen molar-refractivity contribution in [1.82, 2.24) is 14.9 Å². The molecule has 17 heavy (non-hydrogen) atoms. The summed E-state index contributed by atoms with van der Waals surface area (Å²) in [5, 5.41) is 0. The molecule has 0 aliphatic heterocycles. The Bertz CT molecular complexity index is 409. The van der Waals surface area contributed by atoms with Gasteiger partial charge in [-0.1, -0.05) is 0 Å². The number of hydrogen-bond acceptors (Lipinski definition) is 4. The highest BCUT2D eigenvalue weighted by molar-refractivity contribution is 5.93. The van der Waals surface area contributed by atoms with Crippen molar-refractivity contribution in [3.63, 3.8) is 0 Å². The highest BCUT2D eigenvalue weighted by atomic mass is 16.2. The first-order valence-electron chi connectivity index (χ1n) is 5.72. The number of rotatable bonds is 2. The topological polar surface area (TPSA) is 63.2 Å². The average Bonchev–Trinajstić information content (AvgIpc) is 2.39. The van der Waals surface area contributed by atoms with E-state index in [0.29, 0.717) is 24.2 Å². The van der Waals surface area contributed by atoms with E-state index in [4.69, 9.17) is 0 Å². The summed E-state index contributed by atoms with van der Waals surface area (Å²) >= 11 is 0. The molecule has 1 aromatic heterocycles.